The fourth-order valence-electron chi connectivity index (χ4n) is 1.72. The Hall–Kier alpha value is -2.08. The third-order valence-electron chi connectivity index (χ3n) is 2.52. The number of carboxylic acids is 1. The number of hydrogen-bond donors (Lipinski definition) is 3. The highest BCUT2D eigenvalue weighted by Crippen LogP contribution is 2.17. The van der Waals surface area contributed by atoms with Crippen LogP contribution in [0, 0.1) is 0 Å². The molecule has 0 aliphatic heterocycles. The maximum absolute atomic E-state index is 11.8. The van der Waals surface area contributed by atoms with Crippen molar-refractivity contribution in [1.82, 2.24) is 5.32 Å². The van der Waals surface area contributed by atoms with Crippen LogP contribution in [0.2, 0.25) is 0 Å². The molecule has 6 nitrogen and oxygen atoms in total. The summed E-state index contributed by atoms with van der Waals surface area (Å²) in [7, 11) is 0. The van der Waals surface area contributed by atoms with Gasteiger partial charge in [-0.25, -0.2) is 4.79 Å². The van der Waals surface area contributed by atoms with E-state index in [2.05, 4.69) is 10.6 Å². The molecule has 6 heteroatoms. The van der Waals surface area contributed by atoms with E-state index in [9.17, 15) is 9.59 Å². The highest BCUT2D eigenvalue weighted by molar-refractivity contribution is 5.91. The van der Waals surface area contributed by atoms with Crippen molar-refractivity contribution in [3.63, 3.8) is 0 Å². The Kier molecular flexibility index (Phi) is 6.52. The highest BCUT2D eigenvalue weighted by Gasteiger charge is 2.08. The van der Waals surface area contributed by atoms with E-state index in [0.29, 0.717) is 17.9 Å². The van der Waals surface area contributed by atoms with Crippen LogP contribution >= 0.6 is 0 Å². The van der Waals surface area contributed by atoms with Gasteiger partial charge in [0, 0.05) is 24.2 Å². The van der Waals surface area contributed by atoms with Crippen molar-refractivity contribution in [3.8, 4) is 5.75 Å². The van der Waals surface area contributed by atoms with Gasteiger partial charge < -0.3 is 20.5 Å². The maximum atomic E-state index is 11.8. The van der Waals surface area contributed by atoms with E-state index < -0.39 is 12.6 Å². The summed E-state index contributed by atoms with van der Waals surface area (Å²) >= 11 is 0. The topological polar surface area (TPSA) is 87.7 Å². The monoisotopic (exact) mass is 280 g/mol. The number of carbonyl (C=O) groups excluding carboxylic acids is 1. The first-order valence-corrected chi connectivity index (χ1v) is 6.49. The van der Waals surface area contributed by atoms with Gasteiger partial charge in [0.1, 0.15) is 5.75 Å². The fourth-order valence-corrected chi connectivity index (χ4v) is 1.72. The van der Waals surface area contributed by atoms with Gasteiger partial charge in [-0.15, -0.1) is 0 Å². The lowest BCUT2D eigenvalue weighted by Crippen LogP contribution is -2.30. The molecule has 110 valence electrons. The lowest BCUT2D eigenvalue weighted by Gasteiger charge is -2.12. The van der Waals surface area contributed by atoms with E-state index in [1.807, 2.05) is 13.8 Å². The summed E-state index contributed by atoms with van der Waals surface area (Å²) in [5.41, 5.74) is 0.585. The summed E-state index contributed by atoms with van der Waals surface area (Å²) in [5, 5.41) is 14.4. The predicted octanol–water partition coefficient (Wildman–Crippen LogP) is 1.48. The van der Waals surface area contributed by atoms with Crippen molar-refractivity contribution in [2.75, 3.05) is 18.5 Å². The summed E-state index contributed by atoms with van der Waals surface area (Å²) in [4.78, 5) is 22.2. The molecule has 0 saturated heterocycles. The van der Waals surface area contributed by atoms with Crippen LogP contribution in [0.25, 0.3) is 0 Å². The zero-order valence-electron chi connectivity index (χ0n) is 11.7. The van der Waals surface area contributed by atoms with E-state index in [1.165, 1.54) is 0 Å². The first kappa shape index (κ1) is 16.0. The number of amides is 1. The minimum atomic E-state index is -1.04. The largest absolute Gasteiger partial charge is 0.482 e. The molecule has 0 heterocycles. The SMILES string of the molecule is CCNC(C)CC(=O)Nc1cccc(OCC(=O)O)c1. The maximum Gasteiger partial charge on any atom is 0.341 e. The van der Waals surface area contributed by atoms with Gasteiger partial charge >= 0.3 is 5.97 Å². The Morgan fingerprint density at radius 1 is 1.40 bits per heavy atom. The Morgan fingerprint density at radius 3 is 2.80 bits per heavy atom. The first-order chi connectivity index (χ1) is 9.51. The lowest BCUT2D eigenvalue weighted by atomic mass is 10.2. The summed E-state index contributed by atoms with van der Waals surface area (Å²) in [6.45, 7) is 4.33. The van der Waals surface area contributed by atoms with Crippen LogP contribution < -0.4 is 15.4 Å². The molecule has 1 aromatic carbocycles. The number of nitrogens with one attached hydrogen (secondary N) is 2. The molecule has 0 bridgehead atoms. The van der Waals surface area contributed by atoms with Crippen LogP contribution in [0.3, 0.4) is 0 Å². The second kappa shape index (κ2) is 8.16. The minimum absolute atomic E-state index is 0.103. The molecule has 0 saturated carbocycles. The Labute approximate surface area is 118 Å². The minimum Gasteiger partial charge on any atom is -0.482 e. The zero-order chi connectivity index (χ0) is 15.0. The van der Waals surface area contributed by atoms with Crippen LogP contribution in [0.4, 0.5) is 5.69 Å². The molecule has 0 radical (unpaired) electrons. The average molecular weight is 280 g/mol. The Morgan fingerprint density at radius 2 is 2.15 bits per heavy atom. The van der Waals surface area contributed by atoms with Crippen LogP contribution in [-0.4, -0.2) is 36.2 Å². The predicted molar refractivity (Wildman–Crippen MR) is 76.0 cm³/mol. The van der Waals surface area contributed by atoms with E-state index in [4.69, 9.17) is 9.84 Å². The van der Waals surface area contributed by atoms with Gasteiger partial charge in [-0.1, -0.05) is 13.0 Å². The second-order valence-electron chi connectivity index (χ2n) is 4.42. The standard InChI is InChI=1S/C14H20N2O4/c1-3-15-10(2)7-13(17)16-11-5-4-6-12(8-11)20-9-14(18)19/h4-6,8,10,15H,3,7,9H2,1-2H3,(H,16,17)(H,18,19). The molecule has 1 unspecified atom stereocenters. The number of ether oxygens (including phenoxy) is 1. The van der Waals surface area contributed by atoms with Crippen molar-refractivity contribution < 1.29 is 19.4 Å². The average Bonchev–Trinajstić information content (AvgIpc) is 2.36. The second-order valence-corrected chi connectivity index (χ2v) is 4.42. The van der Waals surface area contributed by atoms with Gasteiger partial charge in [0.15, 0.2) is 6.61 Å². The van der Waals surface area contributed by atoms with E-state index in [1.54, 1.807) is 24.3 Å². The molecule has 1 amide bonds. The summed E-state index contributed by atoms with van der Waals surface area (Å²) < 4.78 is 5.05. The zero-order valence-corrected chi connectivity index (χ0v) is 11.7. The van der Waals surface area contributed by atoms with Crippen molar-refractivity contribution in [3.05, 3.63) is 24.3 Å². The first-order valence-electron chi connectivity index (χ1n) is 6.49. The Balaban J connectivity index is 2.52. The number of hydrogen-bond acceptors (Lipinski definition) is 4. The molecule has 1 atom stereocenters. The Bertz CT molecular complexity index is 462. The molecule has 0 aliphatic rings. The molecular weight excluding hydrogens is 260 g/mol. The highest BCUT2D eigenvalue weighted by atomic mass is 16.5. The molecule has 0 aromatic heterocycles. The molecule has 0 fully saturated rings. The molecular formula is C14H20N2O4. The van der Waals surface area contributed by atoms with Gasteiger partial charge in [-0.3, -0.25) is 4.79 Å². The number of rotatable bonds is 8. The van der Waals surface area contributed by atoms with Crippen LogP contribution in [0.5, 0.6) is 5.75 Å². The summed E-state index contributed by atoms with van der Waals surface area (Å²) in [5.74, 6) is -0.738. The summed E-state index contributed by atoms with van der Waals surface area (Å²) in [6.07, 6.45) is 0.369. The number of carboxylic acid groups (broad SMARTS) is 1. The van der Waals surface area contributed by atoms with Crippen LogP contribution in [-0.2, 0) is 9.59 Å². The van der Waals surface area contributed by atoms with Crippen LogP contribution in [0.1, 0.15) is 20.3 Å². The van der Waals surface area contributed by atoms with Gasteiger partial charge in [0.2, 0.25) is 5.91 Å². The van der Waals surface area contributed by atoms with Gasteiger partial charge in [-0.2, -0.15) is 0 Å². The van der Waals surface area contributed by atoms with Gasteiger partial charge in [0.25, 0.3) is 0 Å². The fraction of sp³-hybridized carbons (Fsp3) is 0.429. The van der Waals surface area contributed by atoms with Gasteiger partial charge in [0.05, 0.1) is 0 Å². The molecule has 0 aliphatic carbocycles. The molecule has 3 N–H and O–H groups in total. The van der Waals surface area contributed by atoms with E-state index in [0.717, 1.165) is 6.54 Å². The lowest BCUT2D eigenvalue weighted by molar-refractivity contribution is -0.139. The number of aliphatic carboxylic acids is 1. The molecule has 20 heavy (non-hydrogen) atoms. The van der Waals surface area contributed by atoms with E-state index >= 15 is 0 Å². The van der Waals surface area contributed by atoms with Crippen molar-refractivity contribution in [2.45, 2.75) is 26.3 Å². The van der Waals surface area contributed by atoms with Crippen molar-refractivity contribution in [1.29, 1.82) is 0 Å². The normalized spacial score (nSPS) is 11.7. The number of benzene rings is 1. The van der Waals surface area contributed by atoms with Crippen molar-refractivity contribution in [2.24, 2.45) is 0 Å². The molecule has 1 aromatic rings. The van der Waals surface area contributed by atoms with E-state index in [-0.39, 0.29) is 11.9 Å². The van der Waals surface area contributed by atoms with Crippen LogP contribution in [0.15, 0.2) is 24.3 Å². The smallest absolute Gasteiger partial charge is 0.341 e. The number of carbonyl (C=O) groups is 2. The molecule has 0 spiro atoms. The van der Waals surface area contributed by atoms with Gasteiger partial charge in [-0.05, 0) is 25.6 Å². The third-order valence-corrected chi connectivity index (χ3v) is 2.52. The quantitative estimate of drug-likeness (QED) is 0.671. The van der Waals surface area contributed by atoms with Crippen molar-refractivity contribution >= 4 is 17.6 Å². The third kappa shape index (κ3) is 6.19. The molecule has 1 rings (SSSR count). The number of anilines is 1. The summed E-state index contributed by atoms with van der Waals surface area (Å²) in [6, 6.07) is 6.76.